The Bertz CT molecular complexity index is 306. The van der Waals surface area contributed by atoms with Crippen molar-refractivity contribution in [2.75, 3.05) is 12.3 Å². The number of nitrogens with one attached hydrogen (secondary N) is 1. The third-order valence-electron chi connectivity index (χ3n) is 2.44. The summed E-state index contributed by atoms with van der Waals surface area (Å²) in [5.41, 5.74) is 0. The van der Waals surface area contributed by atoms with Gasteiger partial charge in [-0.1, -0.05) is 39.0 Å². The minimum absolute atomic E-state index is 0. The zero-order valence-corrected chi connectivity index (χ0v) is 14.3. The second-order valence-electron chi connectivity index (χ2n) is 4.15. The summed E-state index contributed by atoms with van der Waals surface area (Å²) in [7, 11) is -3.97. The number of carbonyl (C=O) groups excluding carboxylic acids is 1. The van der Waals surface area contributed by atoms with Gasteiger partial charge < -0.3 is 5.32 Å². The summed E-state index contributed by atoms with van der Waals surface area (Å²) < 4.78 is 29.2. The topological polar surface area (TPSA) is 83.5 Å². The van der Waals surface area contributed by atoms with E-state index in [9.17, 15) is 13.2 Å². The molecule has 7 heteroatoms. The Morgan fingerprint density at radius 2 is 1.67 bits per heavy atom. The van der Waals surface area contributed by atoms with E-state index in [1.54, 1.807) is 0 Å². The van der Waals surface area contributed by atoms with Gasteiger partial charge in [0.1, 0.15) is 0 Å². The number of rotatable bonds is 10. The molecule has 0 aromatic heterocycles. The second-order valence-corrected chi connectivity index (χ2v) is 5.73. The fraction of sp³-hybridized carbons (Fsp3) is 0.909. The first-order valence-electron chi connectivity index (χ1n) is 6.17. The summed E-state index contributed by atoms with van der Waals surface area (Å²) >= 11 is 0. The molecule has 0 spiro atoms. The molecule has 0 unspecified atom stereocenters. The fourth-order valence-electron chi connectivity index (χ4n) is 1.47. The van der Waals surface area contributed by atoms with Crippen LogP contribution in [0, 0.1) is 0 Å². The van der Waals surface area contributed by atoms with E-state index in [4.69, 9.17) is 4.55 Å². The molecule has 0 saturated heterocycles. The summed E-state index contributed by atoms with van der Waals surface area (Å²) in [6.07, 6.45) is 7.09. The van der Waals surface area contributed by atoms with Crippen LogP contribution in [0.1, 0.15) is 51.9 Å². The van der Waals surface area contributed by atoms with Gasteiger partial charge in [0.15, 0.2) is 0 Å². The molecule has 0 aliphatic rings. The molecule has 0 aliphatic heterocycles. The van der Waals surface area contributed by atoms with Crippen molar-refractivity contribution in [3.8, 4) is 0 Å². The van der Waals surface area contributed by atoms with E-state index in [1.165, 1.54) is 19.3 Å². The van der Waals surface area contributed by atoms with Crippen molar-refractivity contribution in [3.05, 3.63) is 0 Å². The maximum absolute atomic E-state index is 11.2. The van der Waals surface area contributed by atoms with E-state index in [2.05, 4.69) is 12.2 Å². The molecular formula is C11H23NNaO4S. The predicted molar refractivity (Wildman–Crippen MR) is 73.2 cm³/mol. The van der Waals surface area contributed by atoms with E-state index in [-0.39, 0.29) is 42.0 Å². The Morgan fingerprint density at radius 1 is 1.11 bits per heavy atom. The van der Waals surface area contributed by atoms with Crippen molar-refractivity contribution in [1.82, 2.24) is 5.32 Å². The quantitative estimate of drug-likeness (QED) is 0.361. The molecule has 0 aliphatic carbocycles. The number of unbranched alkanes of at least 4 members (excludes halogenated alkanes) is 5. The van der Waals surface area contributed by atoms with E-state index >= 15 is 0 Å². The van der Waals surface area contributed by atoms with Crippen LogP contribution in [-0.4, -0.2) is 60.7 Å². The van der Waals surface area contributed by atoms with Crippen LogP contribution >= 0.6 is 0 Å². The molecule has 0 aromatic carbocycles. The molecule has 18 heavy (non-hydrogen) atoms. The first-order valence-corrected chi connectivity index (χ1v) is 7.78. The van der Waals surface area contributed by atoms with Gasteiger partial charge in [-0.25, -0.2) is 0 Å². The fourth-order valence-corrected chi connectivity index (χ4v) is 1.83. The molecule has 0 heterocycles. The molecule has 0 rings (SSSR count). The van der Waals surface area contributed by atoms with Crippen molar-refractivity contribution >= 4 is 45.6 Å². The van der Waals surface area contributed by atoms with Crippen LogP contribution in [0.4, 0.5) is 0 Å². The van der Waals surface area contributed by atoms with E-state index in [1.807, 2.05) is 0 Å². The van der Waals surface area contributed by atoms with Gasteiger partial charge in [0.05, 0.1) is 5.75 Å². The van der Waals surface area contributed by atoms with Crippen molar-refractivity contribution in [2.45, 2.75) is 51.9 Å². The SMILES string of the molecule is CCCCCCCCC(=O)NCCS(=O)(=O)O.[Na]. The van der Waals surface area contributed by atoms with Gasteiger partial charge in [-0.2, -0.15) is 8.42 Å². The van der Waals surface area contributed by atoms with Crippen LogP contribution in [0.2, 0.25) is 0 Å². The maximum Gasteiger partial charge on any atom is 0.266 e. The van der Waals surface area contributed by atoms with Crippen LogP contribution < -0.4 is 5.32 Å². The van der Waals surface area contributed by atoms with Gasteiger partial charge in [0.2, 0.25) is 5.91 Å². The summed E-state index contributed by atoms with van der Waals surface area (Å²) in [6, 6.07) is 0. The molecule has 103 valence electrons. The van der Waals surface area contributed by atoms with E-state index < -0.39 is 15.9 Å². The molecule has 0 bridgehead atoms. The minimum Gasteiger partial charge on any atom is -0.355 e. The van der Waals surface area contributed by atoms with Crippen LogP contribution in [0.25, 0.3) is 0 Å². The normalized spacial score (nSPS) is 10.8. The van der Waals surface area contributed by atoms with E-state index in [0.717, 1.165) is 19.3 Å². The molecule has 0 fully saturated rings. The molecule has 0 atom stereocenters. The Balaban J connectivity index is 0. The van der Waals surface area contributed by atoms with Crippen LogP contribution in [0.15, 0.2) is 0 Å². The minimum atomic E-state index is -3.97. The third-order valence-corrected chi connectivity index (χ3v) is 3.16. The first kappa shape index (κ1) is 20.7. The van der Waals surface area contributed by atoms with Gasteiger partial charge in [-0.15, -0.1) is 0 Å². The maximum atomic E-state index is 11.2. The van der Waals surface area contributed by atoms with Crippen molar-refractivity contribution in [1.29, 1.82) is 0 Å². The zero-order valence-electron chi connectivity index (χ0n) is 11.4. The summed E-state index contributed by atoms with van der Waals surface area (Å²) in [6.45, 7) is 2.14. The Kier molecular flexibility index (Phi) is 14.3. The summed E-state index contributed by atoms with van der Waals surface area (Å²) in [5, 5.41) is 2.46. The predicted octanol–water partition coefficient (Wildman–Crippen LogP) is 1.36. The van der Waals surface area contributed by atoms with Gasteiger partial charge >= 0.3 is 0 Å². The third kappa shape index (κ3) is 16.4. The first-order chi connectivity index (χ1) is 7.95. The average molecular weight is 288 g/mol. The largest absolute Gasteiger partial charge is 0.355 e. The smallest absolute Gasteiger partial charge is 0.266 e. The molecular weight excluding hydrogens is 265 g/mol. The van der Waals surface area contributed by atoms with Crippen molar-refractivity contribution in [3.63, 3.8) is 0 Å². The average Bonchev–Trinajstić information content (AvgIpc) is 2.21. The Morgan fingerprint density at radius 3 is 2.22 bits per heavy atom. The van der Waals surface area contributed by atoms with Gasteiger partial charge in [-0.3, -0.25) is 9.35 Å². The number of hydrogen-bond acceptors (Lipinski definition) is 3. The van der Waals surface area contributed by atoms with Crippen molar-refractivity contribution in [2.24, 2.45) is 0 Å². The Labute approximate surface area is 132 Å². The molecule has 5 nitrogen and oxygen atoms in total. The van der Waals surface area contributed by atoms with Crippen LogP contribution in [0.3, 0.4) is 0 Å². The Hall–Kier alpha value is 0.380. The molecule has 0 saturated carbocycles. The van der Waals surface area contributed by atoms with Gasteiger partial charge in [-0.05, 0) is 6.42 Å². The molecule has 1 radical (unpaired) electrons. The number of hydrogen-bond donors (Lipinski definition) is 2. The standard InChI is InChI=1S/C11H23NO4S.Na/c1-2-3-4-5-6-7-8-11(13)12-9-10-17(14,15)16;/h2-10H2,1H3,(H,12,13)(H,14,15,16);. The summed E-state index contributed by atoms with van der Waals surface area (Å²) in [4.78, 5) is 11.2. The van der Waals surface area contributed by atoms with Crippen molar-refractivity contribution < 1.29 is 17.8 Å². The zero-order chi connectivity index (χ0) is 13.1. The van der Waals surface area contributed by atoms with Crippen LogP contribution in [-0.2, 0) is 14.9 Å². The monoisotopic (exact) mass is 288 g/mol. The summed E-state index contributed by atoms with van der Waals surface area (Å²) in [5.74, 6) is -0.570. The molecule has 1 amide bonds. The second kappa shape index (κ2) is 12.4. The van der Waals surface area contributed by atoms with Gasteiger partial charge in [0.25, 0.3) is 10.1 Å². The van der Waals surface area contributed by atoms with Gasteiger partial charge in [0, 0.05) is 42.5 Å². The van der Waals surface area contributed by atoms with Crippen LogP contribution in [0.5, 0.6) is 0 Å². The van der Waals surface area contributed by atoms with E-state index in [0.29, 0.717) is 6.42 Å². The number of carbonyl (C=O) groups is 1. The molecule has 2 N–H and O–H groups in total. The molecule has 0 aromatic rings. The number of amides is 1.